The highest BCUT2D eigenvalue weighted by Crippen LogP contribution is 2.34. The maximum Gasteiger partial charge on any atom is 0.227 e. The molecule has 0 saturated carbocycles. The van der Waals surface area contributed by atoms with Gasteiger partial charge in [0, 0.05) is 22.5 Å². The molecule has 2 heterocycles. The van der Waals surface area contributed by atoms with Crippen LogP contribution in [0.2, 0.25) is 0 Å². The SMILES string of the molecule is CCOc1cc(Br)c(CC(=O)N(Cc2cccs2)CC2CCCO2)cc1OCC. The zero-order valence-electron chi connectivity index (χ0n) is 17.0. The molecular formula is C22H28BrNO4S. The number of thiophene rings is 1. The van der Waals surface area contributed by atoms with Crippen LogP contribution in [0.15, 0.2) is 34.1 Å². The minimum absolute atomic E-state index is 0.0845. The predicted molar refractivity (Wildman–Crippen MR) is 119 cm³/mol. The molecule has 7 heteroatoms. The molecule has 0 radical (unpaired) electrons. The molecule has 1 fully saturated rings. The van der Waals surface area contributed by atoms with Crippen LogP contribution in [-0.4, -0.2) is 43.3 Å². The van der Waals surface area contributed by atoms with E-state index >= 15 is 0 Å². The molecule has 1 unspecified atom stereocenters. The molecule has 1 amide bonds. The van der Waals surface area contributed by atoms with Gasteiger partial charge in [0.05, 0.1) is 32.3 Å². The largest absolute Gasteiger partial charge is 0.490 e. The first-order chi connectivity index (χ1) is 14.1. The van der Waals surface area contributed by atoms with Crippen LogP contribution in [0.5, 0.6) is 11.5 Å². The van der Waals surface area contributed by atoms with Crippen molar-refractivity contribution in [1.29, 1.82) is 0 Å². The summed E-state index contributed by atoms with van der Waals surface area (Å²) in [4.78, 5) is 16.3. The van der Waals surface area contributed by atoms with Gasteiger partial charge in [-0.05, 0) is 55.8 Å². The first kappa shape index (κ1) is 22.1. The van der Waals surface area contributed by atoms with Crippen LogP contribution in [0.1, 0.15) is 37.1 Å². The zero-order chi connectivity index (χ0) is 20.6. The van der Waals surface area contributed by atoms with E-state index in [-0.39, 0.29) is 12.0 Å². The number of halogens is 1. The van der Waals surface area contributed by atoms with Crippen LogP contribution in [0.4, 0.5) is 0 Å². The van der Waals surface area contributed by atoms with E-state index in [2.05, 4.69) is 22.0 Å². The van der Waals surface area contributed by atoms with Crippen molar-refractivity contribution in [2.24, 2.45) is 0 Å². The van der Waals surface area contributed by atoms with Crippen molar-refractivity contribution >= 4 is 33.2 Å². The minimum Gasteiger partial charge on any atom is -0.490 e. The Morgan fingerprint density at radius 3 is 2.66 bits per heavy atom. The summed E-state index contributed by atoms with van der Waals surface area (Å²) in [5.41, 5.74) is 0.894. The van der Waals surface area contributed by atoms with Gasteiger partial charge in [-0.2, -0.15) is 0 Å². The molecule has 5 nitrogen and oxygen atoms in total. The van der Waals surface area contributed by atoms with E-state index < -0.39 is 0 Å². The second kappa shape index (κ2) is 11.0. The number of hydrogen-bond acceptors (Lipinski definition) is 5. The number of carbonyl (C=O) groups excluding carboxylic acids is 1. The average molecular weight is 482 g/mol. The van der Waals surface area contributed by atoms with Crippen molar-refractivity contribution in [3.05, 3.63) is 44.6 Å². The van der Waals surface area contributed by atoms with E-state index in [0.717, 1.165) is 29.5 Å². The van der Waals surface area contributed by atoms with Crippen molar-refractivity contribution in [3.8, 4) is 11.5 Å². The lowest BCUT2D eigenvalue weighted by Crippen LogP contribution is -2.37. The Kier molecular flexibility index (Phi) is 8.39. The Labute approximate surface area is 185 Å². The molecule has 0 bridgehead atoms. The second-order valence-corrected chi connectivity index (χ2v) is 8.81. The quantitative estimate of drug-likeness (QED) is 0.475. The van der Waals surface area contributed by atoms with Crippen LogP contribution in [0.25, 0.3) is 0 Å². The van der Waals surface area contributed by atoms with Crippen LogP contribution in [0, 0.1) is 0 Å². The third kappa shape index (κ3) is 6.20. The Morgan fingerprint density at radius 2 is 2.03 bits per heavy atom. The number of nitrogens with zero attached hydrogens (tertiary/aromatic N) is 1. The van der Waals surface area contributed by atoms with Crippen LogP contribution < -0.4 is 9.47 Å². The molecule has 158 valence electrons. The van der Waals surface area contributed by atoms with Crippen LogP contribution >= 0.6 is 27.3 Å². The molecule has 0 N–H and O–H groups in total. The Morgan fingerprint density at radius 1 is 1.28 bits per heavy atom. The lowest BCUT2D eigenvalue weighted by Gasteiger charge is -2.25. The summed E-state index contributed by atoms with van der Waals surface area (Å²) in [6, 6.07) is 7.89. The summed E-state index contributed by atoms with van der Waals surface area (Å²) in [6.07, 6.45) is 2.50. The highest BCUT2D eigenvalue weighted by atomic mass is 79.9. The van der Waals surface area contributed by atoms with E-state index in [9.17, 15) is 4.79 Å². The van der Waals surface area contributed by atoms with Crippen LogP contribution in [0.3, 0.4) is 0 Å². The van der Waals surface area contributed by atoms with Gasteiger partial charge < -0.3 is 19.1 Å². The van der Waals surface area contributed by atoms with Crippen molar-refractivity contribution in [2.75, 3.05) is 26.4 Å². The molecule has 0 spiro atoms. The molecule has 1 atom stereocenters. The summed E-state index contributed by atoms with van der Waals surface area (Å²) in [6.45, 7) is 7.00. The Hall–Kier alpha value is -1.57. The molecular weight excluding hydrogens is 454 g/mol. The van der Waals surface area contributed by atoms with E-state index in [0.29, 0.717) is 44.2 Å². The molecule has 0 aliphatic carbocycles. The standard InChI is InChI=1S/C22H28BrNO4S/c1-3-26-20-11-16(19(23)13-21(20)27-4-2)12-22(25)24(14-17-7-5-9-28-17)15-18-8-6-10-29-18/h6,8,10-11,13,17H,3-5,7,9,12,14-15H2,1-2H3. The van der Waals surface area contributed by atoms with E-state index in [4.69, 9.17) is 14.2 Å². The Balaban J connectivity index is 1.77. The molecule has 3 rings (SSSR count). The third-order valence-electron chi connectivity index (χ3n) is 4.78. The normalized spacial score (nSPS) is 16.0. The first-order valence-corrected chi connectivity index (χ1v) is 11.8. The molecule has 1 aliphatic rings. The lowest BCUT2D eigenvalue weighted by atomic mass is 10.1. The Bertz CT molecular complexity index is 790. The minimum atomic E-state index is 0.0845. The van der Waals surface area contributed by atoms with Crippen molar-refractivity contribution in [3.63, 3.8) is 0 Å². The smallest absolute Gasteiger partial charge is 0.227 e. The van der Waals surface area contributed by atoms with Crippen molar-refractivity contribution < 1.29 is 19.0 Å². The molecule has 1 aromatic heterocycles. The van der Waals surface area contributed by atoms with Gasteiger partial charge in [0.25, 0.3) is 0 Å². The van der Waals surface area contributed by atoms with Gasteiger partial charge in [-0.15, -0.1) is 11.3 Å². The maximum absolute atomic E-state index is 13.2. The highest BCUT2D eigenvalue weighted by Gasteiger charge is 2.24. The third-order valence-corrected chi connectivity index (χ3v) is 6.38. The average Bonchev–Trinajstić information content (AvgIpc) is 3.39. The summed E-state index contributed by atoms with van der Waals surface area (Å²) in [7, 11) is 0. The lowest BCUT2D eigenvalue weighted by molar-refractivity contribution is -0.132. The maximum atomic E-state index is 13.2. The van der Waals surface area contributed by atoms with Gasteiger partial charge in [0.1, 0.15) is 0 Å². The van der Waals surface area contributed by atoms with E-state index in [1.807, 2.05) is 42.3 Å². The number of benzene rings is 1. The van der Waals surface area contributed by atoms with Gasteiger partial charge in [-0.3, -0.25) is 4.79 Å². The van der Waals surface area contributed by atoms with Gasteiger partial charge >= 0.3 is 0 Å². The fourth-order valence-corrected chi connectivity index (χ4v) is 4.59. The monoisotopic (exact) mass is 481 g/mol. The molecule has 29 heavy (non-hydrogen) atoms. The molecule has 1 saturated heterocycles. The predicted octanol–water partition coefficient (Wildman–Crippen LogP) is 5.06. The number of carbonyl (C=O) groups is 1. The van der Waals surface area contributed by atoms with Gasteiger partial charge in [-0.25, -0.2) is 0 Å². The molecule has 1 aromatic carbocycles. The summed E-state index contributed by atoms with van der Waals surface area (Å²) < 4.78 is 18.0. The zero-order valence-corrected chi connectivity index (χ0v) is 19.4. The summed E-state index contributed by atoms with van der Waals surface area (Å²) in [5.74, 6) is 1.44. The van der Waals surface area contributed by atoms with Crippen molar-refractivity contribution in [2.45, 2.75) is 45.8 Å². The second-order valence-electron chi connectivity index (χ2n) is 6.92. The van der Waals surface area contributed by atoms with Gasteiger partial charge in [0.2, 0.25) is 5.91 Å². The number of hydrogen-bond donors (Lipinski definition) is 0. The number of amides is 1. The fourth-order valence-electron chi connectivity index (χ4n) is 3.40. The van der Waals surface area contributed by atoms with E-state index in [1.54, 1.807) is 11.3 Å². The number of ether oxygens (including phenoxy) is 3. The van der Waals surface area contributed by atoms with E-state index in [1.165, 1.54) is 4.88 Å². The first-order valence-electron chi connectivity index (χ1n) is 10.1. The fraction of sp³-hybridized carbons (Fsp3) is 0.500. The summed E-state index contributed by atoms with van der Waals surface area (Å²) >= 11 is 5.27. The topological polar surface area (TPSA) is 48.0 Å². The van der Waals surface area contributed by atoms with Crippen molar-refractivity contribution in [1.82, 2.24) is 4.90 Å². The molecule has 1 aliphatic heterocycles. The van der Waals surface area contributed by atoms with Gasteiger partial charge in [-0.1, -0.05) is 22.0 Å². The van der Waals surface area contributed by atoms with Gasteiger partial charge in [0.15, 0.2) is 11.5 Å². The molecule has 2 aromatic rings. The summed E-state index contributed by atoms with van der Waals surface area (Å²) in [5, 5.41) is 2.04. The van der Waals surface area contributed by atoms with Crippen LogP contribution in [-0.2, 0) is 22.5 Å². The number of rotatable bonds is 10. The highest BCUT2D eigenvalue weighted by molar-refractivity contribution is 9.10.